The highest BCUT2D eigenvalue weighted by atomic mass is 79.9. The smallest absolute Gasteiger partial charge is 0.116 e. The van der Waals surface area contributed by atoms with Crippen molar-refractivity contribution in [1.82, 2.24) is 0 Å². The first-order valence-corrected chi connectivity index (χ1v) is 6.42. The molecule has 0 heterocycles. The molecule has 5 heteroatoms. The Morgan fingerprint density at radius 1 is 1.29 bits per heavy atom. The van der Waals surface area contributed by atoms with E-state index in [0.29, 0.717) is 0 Å². The summed E-state index contributed by atoms with van der Waals surface area (Å²) in [6, 6.07) is 7.86. The van der Waals surface area contributed by atoms with Gasteiger partial charge < -0.3 is 4.84 Å². The highest BCUT2D eigenvalue weighted by Crippen LogP contribution is 2.19. The zero-order valence-corrected chi connectivity index (χ0v) is 12.1. The van der Waals surface area contributed by atoms with E-state index in [2.05, 4.69) is 52.9 Å². The van der Waals surface area contributed by atoms with Gasteiger partial charge in [0.1, 0.15) is 16.6 Å². The van der Waals surface area contributed by atoms with Crippen LogP contribution in [0.3, 0.4) is 0 Å². The van der Waals surface area contributed by atoms with Crippen LogP contribution in [0.2, 0.25) is 0 Å². The second-order valence-electron chi connectivity index (χ2n) is 2.47. The van der Waals surface area contributed by atoms with Crippen LogP contribution in [0.15, 0.2) is 33.9 Å². The molecule has 0 unspecified atom stereocenters. The fraction of sp³-hybridized carbons (Fsp3) is 0.222. The Bertz CT molecular complexity index is 321. The van der Waals surface area contributed by atoms with Gasteiger partial charge in [-0.3, -0.25) is 0 Å². The Morgan fingerprint density at radius 3 is 2.29 bits per heavy atom. The van der Waals surface area contributed by atoms with Gasteiger partial charge in [-0.2, -0.15) is 0 Å². The lowest BCUT2D eigenvalue weighted by Crippen LogP contribution is -2.09. The zero-order chi connectivity index (χ0) is 10.6. The lowest BCUT2D eigenvalue weighted by molar-refractivity contribution is 0.213. The van der Waals surface area contributed by atoms with E-state index in [0.717, 1.165) is 15.7 Å². The van der Waals surface area contributed by atoms with Gasteiger partial charge in [-0.1, -0.05) is 65.1 Å². The third-order valence-electron chi connectivity index (χ3n) is 1.54. The Hall–Kier alpha value is 0.130. The molecule has 1 aromatic rings. The van der Waals surface area contributed by atoms with Gasteiger partial charge in [-0.05, 0) is 12.1 Å². The highest BCUT2D eigenvalue weighted by Gasteiger charge is 2.11. The van der Waals surface area contributed by atoms with Crippen LogP contribution < -0.4 is 0 Å². The first-order valence-electron chi connectivity index (χ1n) is 3.80. The Labute approximate surface area is 108 Å². The SMILES string of the molecule is CO/N=C(/c1ccc(Br)cc1)C(Br)Br. The van der Waals surface area contributed by atoms with Gasteiger partial charge in [0.05, 0.1) is 0 Å². The van der Waals surface area contributed by atoms with E-state index in [1.807, 2.05) is 24.3 Å². The van der Waals surface area contributed by atoms with Crippen molar-refractivity contribution in [3.8, 4) is 0 Å². The van der Waals surface area contributed by atoms with Gasteiger partial charge in [0.25, 0.3) is 0 Å². The topological polar surface area (TPSA) is 21.6 Å². The van der Waals surface area contributed by atoms with Crippen LogP contribution in [0.25, 0.3) is 0 Å². The first kappa shape index (κ1) is 12.2. The van der Waals surface area contributed by atoms with Crippen molar-refractivity contribution in [1.29, 1.82) is 0 Å². The number of halogens is 3. The van der Waals surface area contributed by atoms with E-state index < -0.39 is 0 Å². The average Bonchev–Trinajstić information content (AvgIpc) is 2.15. The van der Waals surface area contributed by atoms with E-state index in [1.165, 1.54) is 7.11 Å². The summed E-state index contributed by atoms with van der Waals surface area (Å²) < 4.78 is 1.02. The van der Waals surface area contributed by atoms with Gasteiger partial charge >= 0.3 is 0 Å². The molecule has 0 radical (unpaired) electrons. The molecule has 0 aliphatic carbocycles. The largest absolute Gasteiger partial charge is 0.399 e. The van der Waals surface area contributed by atoms with Crippen molar-refractivity contribution in [3.63, 3.8) is 0 Å². The van der Waals surface area contributed by atoms with E-state index in [1.54, 1.807) is 0 Å². The monoisotopic (exact) mass is 383 g/mol. The molecule has 0 N–H and O–H groups in total. The van der Waals surface area contributed by atoms with Crippen molar-refractivity contribution < 1.29 is 4.84 Å². The van der Waals surface area contributed by atoms with Gasteiger partial charge in [-0.25, -0.2) is 0 Å². The predicted molar refractivity (Wildman–Crippen MR) is 69.3 cm³/mol. The summed E-state index contributed by atoms with van der Waals surface area (Å²) in [5.41, 5.74) is 1.81. The number of rotatable bonds is 3. The standard InChI is InChI=1S/C9H8Br3NO/c1-14-13-8(9(11)12)6-2-4-7(10)5-3-6/h2-5,9H,1H3/b13-8-. The molecule has 0 aromatic heterocycles. The molecule has 0 spiro atoms. The molecule has 76 valence electrons. The normalized spacial score (nSPS) is 11.9. The Balaban J connectivity index is 3.00. The highest BCUT2D eigenvalue weighted by molar-refractivity contribution is 9.25. The summed E-state index contributed by atoms with van der Waals surface area (Å²) in [4.78, 5) is 4.77. The summed E-state index contributed by atoms with van der Waals surface area (Å²) in [6.45, 7) is 0. The summed E-state index contributed by atoms with van der Waals surface area (Å²) >= 11 is 10.2. The summed E-state index contributed by atoms with van der Waals surface area (Å²) in [5, 5.41) is 3.93. The van der Waals surface area contributed by atoms with Crippen LogP contribution in [0.1, 0.15) is 5.56 Å². The van der Waals surface area contributed by atoms with Crippen molar-refractivity contribution in [2.45, 2.75) is 3.74 Å². The molecule has 1 rings (SSSR count). The first-order chi connectivity index (χ1) is 6.65. The van der Waals surface area contributed by atoms with Crippen LogP contribution in [0, 0.1) is 0 Å². The molecule has 0 saturated heterocycles. The number of nitrogens with zero attached hydrogens (tertiary/aromatic N) is 1. The van der Waals surface area contributed by atoms with Gasteiger partial charge in [0.2, 0.25) is 0 Å². The zero-order valence-electron chi connectivity index (χ0n) is 7.38. The molecule has 0 aliphatic heterocycles. The lowest BCUT2D eigenvalue weighted by Gasteiger charge is -2.06. The van der Waals surface area contributed by atoms with Crippen molar-refractivity contribution in [2.75, 3.05) is 7.11 Å². The molecule has 0 fully saturated rings. The third kappa shape index (κ3) is 3.37. The minimum atomic E-state index is -0.0175. The van der Waals surface area contributed by atoms with Crippen molar-refractivity contribution in [3.05, 3.63) is 34.3 Å². The summed E-state index contributed by atoms with van der Waals surface area (Å²) in [6.07, 6.45) is 0. The Kier molecular flexibility index (Phi) is 5.12. The molecule has 2 nitrogen and oxygen atoms in total. The number of hydrogen-bond acceptors (Lipinski definition) is 2. The van der Waals surface area contributed by atoms with Gasteiger partial charge in [-0.15, -0.1) is 0 Å². The molecule has 14 heavy (non-hydrogen) atoms. The van der Waals surface area contributed by atoms with Crippen LogP contribution in [-0.2, 0) is 4.84 Å². The average molecular weight is 386 g/mol. The number of hydrogen-bond donors (Lipinski definition) is 0. The maximum Gasteiger partial charge on any atom is 0.116 e. The minimum absolute atomic E-state index is 0.0175. The quantitative estimate of drug-likeness (QED) is 0.439. The molecule has 0 amide bonds. The number of oxime groups is 1. The lowest BCUT2D eigenvalue weighted by atomic mass is 10.1. The fourth-order valence-corrected chi connectivity index (χ4v) is 1.90. The predicted octanol–water partition coefficient (Wildman–Crippen LogP) is 3.92. The number of benzene rings is 1. The molecule has 1 aromatic carbocycles. The number of alkyl halides is 2. The molecule has 0 aliphatic rings. The van der Waals surface area contributed by atoms with Gasteiger partial charge in [0.15, 0.2) is 0 Å². The Morgan fingerprint density at radius 2 is 1.86 bits per heavy atom. The second kappa shape index (κ2) is 5.88. The van der Waals surface area contributed by atoms with Crippen LogP contribution >= 0.6 is 47.8 Å². The fourth-order valence-electron chi connectivity index (χ4n) is 0.938. The summed E-state index contributed by atoms with van der Waals surface area (Å²) in [5.74, 6) is 0. The van der Waals surface area contributed by atoms with Crippen molar-refractivity contribution >= 4 is 53.5 Å². The molecule has 0 bridgehead atoms. The summed E-state index contributed by atoms with van der Waals surface area (Å²) in [7, 11) is 1.53. The third-order valence-corrected chi connectivity index (χ3v) is 2.93. The van der Waals surface area contributed by atoms with E-state index in [-0.39, 0.29) is 3.74 Å². The maximum atomic E-state index is 4.77. The molecular formula is C9H8Br3NO. The van der Waals surface area contributed by atoms with Crippen LogP contribution in [-0.4, -0.2) is 16.6 Å². The molecular weight excluding hydrogens is 378 g/mol. The molecule has 0 atom stereocenters. The van der Waals surface area contributed by atoms with Gasteiger partial charge in [0, 0.05) is 10.0 Å². The van der Waals surface area contributed by atoms with Crippen LogP contribution in [0.5, 0.6) is 0 Å². The van der Waals surface area contributed by atoms with E-state index >= 15 is 0 Å². The van der Waals surface area contributed by atoms with E-state index in [4.69, 9.17) is 4.84 Å². The minimum Gasteiger partial charge on any atom is -0.399 e. The molecule has 0 saturated carbocycles. The second-order valence-corrected chi connectivity index (χ2v) is 6.44. The van der Waals surface area contributed by atoms with E-state index in [9.17, 15) is 0 Å². The van der Waals surface area contributed by atoms with Crippen LogP contribution in [0.4, 0.5) is 0 Å². The maximum absolute atomic E-state index is 4.77. The van der Waals surface area contributed by atoms with Crippen molar-refractivity contribution in [2.24, 2.45) is 5.16 Å².